The number of likely N-dealkylation sites (N-methyl/N-ethyl adjacent to an activating group) is 1. The summed E-state index contributed by atoms with van der Waals surface area (Å²) in [6.45, 7) is 13.7. The largest absolute Gasteiger partial charge is 0.352 e. The van der Waals surface area contributed by atoms with Crippen LogP contribution in [0.25, 0.3) is 11.3 Å². The summed E-state index contributed by atoms with van der Waals surface area (Å²) in [6.07, 6.45) is 1.34. The maximum atomic E-state index is 12.8. The molecule has 1 aromatic heterocycles. The number of carbonyl (C=O) groups excluding carboxylic acids is 1. The number of aromatic nitrogens is 1. The Balaban J connectivity index is 1.65. The highest BCUT2D eigenvalue weighted by Gasteiger charge is 2.21. The van der Waals surface area contributed by atoms with E-state index in [2.05, 4.69) is 61.1 Å². The van der Waals surface area contributed by atoms with Crippen LogP contribution >= 0.6 is 11.3 Å². The average Bonchev–Trinajstić information content (AvgIpc) is 3.02. The zero-order valence-corrected chi connectivity index (χ0v) is 19.2. The fraction of sp³-hybridized carbons (Fsp3) is 0.565. The monoisotopic (exact) mass is 414 g/mol. The van der Waals surface area contributed by atoms with E-state index in [1.54, 1.807) is 11.3 Å². The summed E-state index contributed by atoms with van der Waals surface area (Å²) < 4.78 is 0. The maximum Gasteiger partial charge on any atom is 0.225 e. The highest BCUT2D eigenvalue weighted by atomic mass is 32.1. The smallest absolute Gasteiger partial charge is 0.225 e. The Morgan fingerprint density at radius 1 is 1.21 bits per heavy atom. The molecule has 158 valence electrons. The van der Waals surface area contributed by atoms with Gasteiger partial charge in [0.05, 0.1) is 17.1 Å². The predicted molar refractivity (Wildman–Crippen MR) is 122 cm³/mol. The van der Waals surface area contributed by atoms with Crippen molar-refractivity contribution in [3.8, 4) is 11.3 Å². The lowest BCUT2D eigenvalue weighted by molar-refractivity contribution is -0.121. The van der Waals surface area contributed by atoms with Crippen molar-refractivity contribution in [3.63, 3.8) is 0 Å². The van der Waals surface area contributed by atoms with Crippen molar-refractivity contribution in [1.29, 1.82) is 0 Å². The fourth-order valence-electron chi connectivity index (χ4n) is 3.92. The molecule has 1 unspecified atom stereocenters. The van der Waals surface area contributed by atoms with Crippen LogP contribution in [0, 0.1) is 20.8 Å². The van der Waals surface area contributed by atoms with Crippen molar-refractivity contribution in [2.75, 3.05) is 39.8 Å². The number of rotatable bonds is 7. The van der Waals surface area contributed by atoms with Crippen LogP contribution in [-0.4, -0.2) is 66.5 Å². The highest BCUT2D eigenvalue weighted by Crippen LogP contribution is 2.31. The van der Waals surface area contributed by atoms with Gasteiger partial charge in [0.1, 0.15) is 0 Å². The molecule has 1 amide bonds. The van der Waals surface area contributed by atoms with Crippen LogP contribution in [0.4, 0.5) is 0 Å². The zero-order chi connectivity index (χ0) is 21.0. The molecule has 1 aromatic carbocycles. The Bertz CT molecular complexity index is 839. The lowest BCUT2D eigenvalue weighted by Crippen LogP contribution is -2.50. The summed E-state index contributed by atoms with van der Waals surface area (Å²) in [5.41, 5.74) is 4.55. The molecule has 1 aliphatic rings. The van der Waals surface area contributed by atoms with Gasteiger partial charge in [-0.15, -0.1) is 11.3 Å². The standard InChI is InChI=1S/C23H34N4OS/c1-6-19(15-27-11-9-26(5)10-12-27)25-22(28)14-21-23(24-18(4)29-21)20-8-7-16(2)13-17(20)3/h7-8,13,19H,6,9-12,14-15H2,1-5H3,(H,25,28). The SMILES string of the molecule is CCC(CN1CCN(C)CC1)NC(=O)Cc1sc(C)nc1-c1ccc(C)cc1C. The van der Waals surface area contributed by atoms with Gasteiger partial charge >= 0.3 is 0 Å². The molecular weight excluding hydrogens is 380 g/mol. The summed E-state index contributed by atoms with van der Waals surface area (Å²) in [5, 5.41) is 4.28. The van der Waals surface area contributed by atoms with Crippen LogP contribution in [0.2, 0.25) is 0 Å². The van der Waals surface area contributed by atoms with Crippen LogP contribution in [-0.2, 0) is 11.2 Å². The fourth-order valence-corrected chi connectivity index (χ4v) is 4.87. The third-order valence-corrected chi connectivity index (χ3v) is 6.67. The third kappa shape index (κ3) is 5.87. The van der Waals surface area contributed by atoms with Crippen molar-refractivity contribution in [2.24, 2.45) is 0 Å². The van der Waals surface area contributed by atoms with Crippen molar-refractivity contribution >= 4 is 17.2 Å². The van der Waals surface area contributed by atoms with Gasteiger partial charge in [0.25, 0.3) is 0 Å². The van der Waals surface area contributed by atoms with Gasteiger partial charge in [-0.3, -0.25) is 9.69 Å². The normalized spacial score (nSPS) is 16.7. The molecule has 2 heterocycles. The van der Waals surface area contributed by atoms with Crippen LogP contribution < -0.4 is 5.32 Å². The number of amides is 1. The van der Waals surface area contributed by atoms with Crippen LogP contribution in [0.3, 0.4) is 0 Å². The molecule has 2 aromatic rings. The van der Waals surface area contributed by atoms with Gasteiger partial charge in [-0.1, -0.05) is 30.7 Å². The number of nitrogens with one attached hydrogen (secondary N) is 1. The third-order valence-electron chi connectivity index (χ3n) is 5.69. The Morgan fingerprint density at radius 2 is 1.93 bits per heavy atom. The second kappa shape index (κ2) is 9.83. The van der Waals surface area contributed by atoms with Crippen LogP contribution in [0.15, 0.2) is 18.2 Å². The molecule has 0 saturated carbocycles. The molecule has 1 fully saturated rings. The minimum atomic E-state index is 0.0978. The first-order valence-electron chi connectivity index (χ1n) is 10.6. The van der Waals surface area contributed by atoms with Crippen molar-refractivity contribution < 1.29 is 4.79 Å². The van der Waals surface area contributed by atoms with Crippen LogP contribution in [0.1, 0.15) is 34.4 Å². The summed E-state index contributed by atoms with van der Waals surface area (Å²) >= 11 is 1.63. The quantitative estimate of drug-likeness (QED) is 0.754. The van der Waals surface area contributed by atoms with Crippen molar-refractivity contribution in [3.05, 3.63) is 39.2 Å². The second-order valence-electron chi connectivity index (χ2n) is 8.28. The number of thiazole rings is 1. The molecule has 1 saturated heterocycles. The molecule has 1 N–H and O–H groups in total. The van der Waals surface area contributed by atoms with E-state index < -0.39 is 0 Å². The minimum absolute atomic E-state index is 0.0978. The Morgan fingerprint density at radius 3 is 2.59 bits per heavy atom. The van der Waals surface area contributed by atoms with E-state index in [0.717, 1.165) is 60.3 Å². The first kappa shape index (κ1) is 21.9. The number of carbonyl (C=O) groups is 1. The first-order valence-corrected chi connectivity index (χ1v) is 11.4. The number of nitrogens with zero attached hydrogens (tertiary/aromatic N) is 3. The van der Waals surface area contributed by atoms with Gasteiger partial charge in [0.15, 0.2) is 0 Å². The molecular formula is C23H34N4OS. The lowest BCUT2D eigenvalue weighted by Gasteiger charge is -2.34. The van der Waals surface area contributed by atoms with Gasteiger partial charge in [-0.05, 0) is 39.8 Å². The van der Waals surface area contributed by atoms with Crippen LogP contribution in [0.5, 0.6) is 0 Å². The molecule has 0 bridgehead atoms. The first-order chi connectivity index (χ1) is 13.9. The lowest BCUT2D eigenvalue weighted by atomic mass is 10.0. The molecule has 3 rings (SSSR count). The summed E-state index contributed by atoms with van der Waals surface area (Å²) in [4.78, 5) is 23.5. The van der Waals surface area contributed by atoms with Gasteiger partial charge < -0.3 is 10.2 Å². The average molecular weight is 415 g/mol. The zero-order valence-electron chi connectivity index (χ0n) is 18.4. The molecule has 1 atom stereocenters. The molecule has 0 aliphatic carbocycles. The predicted octanol–water partition coefficient (Wildman–Crippen LogP) is 3.42. The van der Waals surface area contributed by atoms with Gasteiger partial charge in [-0.2, -0.15) is 0 Å². The minimum Gasteiger partial charge on any atom is -0.352 e. The van der Waals surface area contributed by atoms with E-state index in [9.17, 15) is 4.79 Å². The maximum absolute atomic E-state index is 12.8. The van der Waals surface area contributed by atoms with Crippen molar-refractivity contribution in [2.45, 2.75) is 46.6 Å². The Hall–Kier alpha value is -1.76. The number of aryl methyl sites for hydroxylation is 3. The number of benzene rings is 1. The van der Waals surface area contributed by atoms with Gasteiger partial charge in [0.2, 0.25) is 5.91 Å². The highest BCUT2D eigenvalue weighted by molar-refractivity contribution is 7.12. The van der Waals surface area contributed by atoms with Gasteiger partial charge in [0, 0.05) is 49.2 Å². The Kier molecular flexibility index (Phi) is 7.44. The van der Waals surface area contributed by atoms with E-state index >= 15 is 0 Å². The number of hydrogen-bond donors (Lipinski definition) is 1. The number of hydrogen-bond acceptors (Lipinski definition) is 5. The summed E-state index contributed by atoms with van der Waals surface area (Å²) in [7, 11) is 2.17. The van der Waals surface area contributed by atoms with E-state index in [4.69, 9.17) is 4.98 Å². The van der Waals surface area contributed by atoms with Crippen molar-refractivity contribution in [1.82, 2.24) is 20.1 Å². The van der Waals surface area contributed by atoms with Gasteiger partial charge in [-0.25, -0.2) is 4.98 Å². The molecule has 29 heavy (non-hydrogen) atoms. The van der Waals surface area contributed by atoms with E-state index in [1.807, 2.05) is 6.92 Å². The molecule has 0 radical (unpaired) electrons. The molecule has 6 heteroatoms. The van der Waals surface area contributed by atoms with E-state index in [1.165, 1.54) is 11.1 Å². The van der Waals surface area contributed by atoms with E-state index in [0.29, 0.717) is 6.42 Å². The topological polar surface area (TPSA) is 48.5 Å². The molecule has 0 spiro atoms. The molecule has 5 nitrogen and oxygen atoms in total. The summed E-state index contributed by atoms with van der Waals surface area (Å²) in [5.74, 6) is 0.0978. The number of piperazine rings is 1. The molecule has 1 aliphatic heterocycles. The second-order valence-corrected chi connectivity index (χ2v) is 9.56. The Labute approximate surface area is 179 Å². The van der Waals surface area contributed by atoms with E-state index in [-0.39, 0.29) is 11.9 Å². The summed E-state index contributed by atoms with van der Waals surface area (Å²) in [6, 6.07) is 6.62.